The highest BCUT2D eigenvalue weighted by atomic mass is 16.6. The number of hydrogen-bond donors (Lipinski definition) is 1. The van der Waals surface area contributed by atoms with Crippen molar-refractivity contribution in [3.05, 3.63) is 63.8 Å². The Morgan fingerprint density at radius 1 is 1.15 bits per heavy atom. The minimum absolute atomic E-state index is 0.0394. The summed E-state index contributed by atoms with van der Waals surface area (Å²) in [6.45, 7) is 6.76. The van der Waals surface area contributed by atoms with Crippen molar-refractivity contribution in [2.24, 2.45) is 7.05 Å². The molecular formula is C28H34N8O4. The van der Waals surface area contributed by atoms with E-state index in [1.54, 1.807) is 24.6 Å². The molecule has 40 heavy (non-hydrogen) atoms. The summed E-state index contributed by atoms with van der Waals surface area (Å²) >= 11 is 0. The normalized spacial score (nSPS) is 11.3. The molecule has 0 aliphatic carbocycles. The van der Waals surface area contributed by atoms with Gasteiger partial charge < -0.3 is 19.9 Å². The van der Waals surface area contributed by atoms with Crippen LogP contribution in [0, 0.1) is 17.0 Å². The lowest BCUT2D eigenvalue weighted by molar-refractivity contribution is -0.384. The van der Waals surface area contributed by atoms with E-state index in [0.717, 1.165) is 23.0 Å². The summed E-state index contributed by atoms with van der Waals surface area (Å²) in [5.41, 5.74) is 3.57. The highest BCUT2D eigenvalue weighted by Crippen LogP contribution is 2.35. The number of hydrogen-bond acceptors (Lipinski definition) is 10. The van der Waals surface area contributed by atoms with Crippen LogP contribution in [0.25, 0.3) is 22.3 Å². The molecule has 0 atom stereocenters. The number of aryl methyl sites for hydroxylation is 2. The first kappa shape index (κ1) is 28.4. The molecule has 0 aliphatic heterocycles. The summed E-state index contributed by atoms with van der Waals surface area (Å²) in [5, 5.41) is 20.6. The second-order valence-corrected chi connectivity index (χ2v) is 10.2. The number of benzene rings is 2. The molecule has 0 amide bonds. The number of nitro benzene ring substituents is 1. The molecule has 12 heteroatoms. The van der Waals surface area contributed by atoms with E-state index in [2.05, 4.69) is 20.4 Å². The van der Waals surface area contributed by atoms with Crippen LogP contribution in [0.2, 0.25) is 0 Å². The van der Waals surface area contributed by atoms with Gasteiger partial charge in [-0.25, -0.2) is 14.8 Å². The van der Waals surface area contributed by atoms with Crippen LogP contribution in [0.4, 0.5) is 23.0 Å². The van der Waals surface area contributed by atoms with Gasteiger partial charge in [-0.15, -0.1) is 0 Å². The average Bonchev–Trinajstić information content (AvgIpc) is 3.24. The van der Waals surface area contributed by atoms with Crippen LogP contribution in [0.3, 0.4) is 0 Å². The molecule has 2 heterocycles. The third-order valence-electron chi connectivity index (χ3n) is 6.39. The van der Waals surface area contributed by atoms with Crippen molar-refractivity contribution < 1.29 is 14.5 Å². The number of likely N-dealkylation sites (N-methyl/N-ethyl adjacent to an activating group) is 2. The van der Waals surface area contributed by atoms with Gasteiger partial charge in [-0.2, -0.15) is 5.10 Å². The van der Waals surface area contributed by atoms with E-state index in [1.165, 1.54) is 12.3 Å². The van der Waals surface area contributed by atoms with E-state index in [0.29, 0.717) is 29.3 Å². The number of nitrogens with zero attached hydrogens (tertiary/aromatic N) is 7. The average molecular weight is 547 g/mol. The molecule has 12 nitrogen and oxygen atoms in total. The fourth-order valence-corrected chi connectivity index (χ4v) is 4.30. The standard InChI is InChI=1S/C28H34N8O4/c1-17(2)40-27(37)20-16-29-28(31-25(20)26-19-10-8-9-11-22(19)35(7)32-26)30-21-15-24(36(38)39)23(14-18(21)3)34(6)13-12-33(4)5/h8-11,14-17H,12-13H2,1-7H3,(H,29,30,31). The van der Waals surface area contributed by atoms with Gasteiger partial charge in [-0.05, 0) is 52.6 Å². The van der Waals surface area contributed by atoms with Crippen molar-refractivity contribution in [1.82, 2.24) is 24.6 Å². The first-order valence-corrected chi connectivity index (χ1v) is 12.9. The number of anilines is 3. The van der Waals surface area contributed by atoms with E-state index >= 15 is 0 Å². The quantitative estimate of drug-likeness (QED) is 0.172. The van der Waals surface area contributed by atoms with Gasteiger partial charge >= 0.3 is 5.97 Å². The molecule has 2 aromatic heterocycles. The maximum absolute atomic E-state index is 13.0. The van der Waals surface area contributed by atoms with Crippen molar-refractivity contribution in [3.8, 4) is 11.4 Å². The number of fused-ring (bicyclic) bond motifs is 1. The second kappa shape index (κ2) is 11.7. The van der Waals surface area contributed by atoms with Crippen LogP contribution in [0.1, 0.15) is 29.8 Å². The van der Waals surface area contributed by atoms with Crippen LogP contribution >= 0.6 is 0 Å². The van der Waals surface area contributed by atoms with E-state index < -0.39 is 10.9 Å². The predicted molar refractivity (Wildman–Crippen MR) is 155 cm³/mol. The summed E-state index contributed by atoms with van der Waals surface area (Å²) in [5.74, 6) is -0.403. The maximum Gasteiger partial charge on any atom is 0.342 e. The van der Waals surface area contributed by atoms with E-state index in [1.807, 2.05) is 69.2 Å². The van der Waals surface area contributed by atoms with Gasteiger partial charge in [0.25, 0.3) is 5.69 Å². The highest BCUT2D eigenvalue weighted by molar-refractivity contribution is 6.01. The van der Waals surface area contributed by atoms with Crippen LogP contribution in [-0.4, -0.2) is 75.9 Å². The molecular weight excluding hydrogens is 512 g/mol. The number of para-hydroxylation sites is 1. The molecule has 0 fully saturated rings. The number of rotatable bonds is 10. The lowest BCUT2D eigenvalue weighted by atomic mass is 10.1. The molecule has 0 unspecified atom stereocenters. The van der Waals surface area contributed by atoms with Gasteiger partial charge in [-0.3, -0.25) is 14.8 Å². The molecule has 0 saturated heterocycles. The number of esters is 1. The Hall–Kier alpha value is -4.58. The van der Waals surface area contributed by atoms with Crippen LogP contribution < -0.4 is 10.2 Å². The summed E-state index contributed by atoms with van der Waals surface area (Å²) in [4.78, 5) is 37.5. The fourth-order valence-electron chi connectivity index (χ4n) is 4.30. The number of nitrogens with one attached hydrogen (secondary N) is 1. The Bertz CT molecular complexity index is 1560. The first-order chi connectivity index (χ1) is 19.0. The Labute approximate surface area is 232 Å². The van der Waals surface area contributed by atoms with Crippen LogP contribution in [-0.2, 0) is 11.8 Å². The first-order valence-electron chi connectivity index (χ1n) is 12.9. The van der Waals surface area contributed by atoms with Gasteiger partial charge in [0.1, 0.15) is 22.6 Å². The van der Waals surface area contributed by atoms with Crippen LogP contribution in [0.15, 0.2) is 42.6 Å². The van der Waals surface area contributed by atoms with Gasteiger partial charge in [0, 0.05) is 44.8 Å². The molecule has 4 rings (SSSR count). The predicted octanol–water partition coefficient (Wildman–Crippen LogP) is 4.55. The topological polar surface area (TPSA) is 132 Å². The summed E-state index contributed by atoms with van der Waals surface area (Å²) < 4.78 is 7.17. The molecule has 0 aliphatic rings. The Balaban J connectivity index is 1.78. The Morgan fingerprint density at radius 2 is 1.88 bits per heavy atom. The van der Waals surface area contributed by atoms with Crippen molar-refractivity contribution in [2.75, 3.05) is 44.4 Å². The van der Waals surface area contributed by atoms with Crippen molar-refractivity contribution in [3.63, 3.8) is 0 Å². The zero-order chi connectivity index (χ0) is 29.1. The minimum Gasteiger partial charge on any atom is -0.459 e. The molecule has 0 bridgehead atoms. The second-order valence-electron chi connectivity index (χ2n) is 10.2. The third-order valence-corrected chi connectivity index (χ3v) is 6.39. The summed E-state index contributed by atoms with van der Waals surface area (Å²) in [7, 11) is 7.56. The van der Waals surface area contributed by atoms with Crippen molar-refractivity contribution >= 4 is 39.9 Å². The van der Waals surface area contributed by atoms with Gasteiger partial charge in [0.05, 0.1) is 22.2 Å². The molecule has 2 aromatic carbocycles. The molecule has 4 aromatic rings. The maximum atomic E-state index is 13.0. The zero-order valence-electron chi connectivity index (χ0n) is 23.8. The minimum atomic E-state index is -0.566. The summed E-state index contributed by atoms with van der Waals surface area (Å²) in [6, 6.07) is 10.9. The van der Waals surface area contributed by atoms with E-state index in [4.69, 9.17) is 4.74 Å². The molecule has 0 radical (unpaired) electrons. The number of nitro groups is 1. The lowest BCUT2D eigenvalue weighted by Crippen LogP contribution is -2.29. The van der Waals surface area contributed by atoms with E-state index in [9.17, 15) is 14.9 Å². The van der Waals surface area contributed by atoms with Crippen LogP contribution in [0.5, 0.6) is 0 Å². The lowest BCUT2D eigenvalue weighted by Gasteiger charge is -2.22. The fraction of sp³-hybridized carbons (Fsp3) is 0.357. The van der Waals surface area contributed by atoms with Gasteiger partial charge in [0.15, 0.2) is 0 Å². The number of ether oxygens (including phenoxy) is 1. The SMILES string of the molecule is Cc1cc(N(C)CCN(C)C)c([N+](=O)[O-])cc1Nc1ncc(C(=O)OC(C)C)c(-c2nn(C)c3ccccc23)n1. The Morgan fingerprint density at radius 3 is 2.55 bits per heavy atom. The van der Waals surface area contributed by atoms with Gasteiger partial charge in [-0.1, -0.05) is 18.2 Å². The van der Waals surface area contributed by atoms with Crippen molar-refractivity contribution in [1.29, 1.82) is 0 Å². The highest BCUT2D eigenvalue weighted by Gasteiger charge is 2.24. The number of aromatic nitrogens is 4. The summed E-state index contributed by atoms with van der Waals surface area (Å²) in [6.07, 6.45) is 1.06. The van der Waals surface area contributed by atoms with Gasteiger partial charge in [0.2, 0.25) is 5.95 Å². The number of carbonyl (C=O) groups excluding carboxylic acids is 1. The molecule has 1 N–H and O–H groups in total. The number of carbonyl (C=O) groups is 1. The smallest absolute Gasteiger partial charge is 0.342 e. The van der Waals surface area contributed by atoms with Crippen molar-refractivity contribution in [2.45, 2.75) is 26.9 Å². The third kappa shape index (κ3) is 6.01. The van der Waals surface area contributed by atoms with E-state index in [-0.39, 0.29) is 23.3 Å². The monoisotopic (exact) mass is 546 g/mol. The largest absolute Gasteiger partial charge is 0.459 e. The molecule has 0 spiro atoms. The zero-order valence-corrected chi connectivity index (χ0v) is 23.8. The Kier molecular flexibility index (Phi) is 8.29. The molecule has 210 valence electrons. The molecule has 0 saturated carbocycles.